The van der Waals surface area contributed by atoms with Crippen molar-refractivity contribution in [2.24, 2.45) is 0 Å². The molecule has 1 aliphatic rings. The van der Waals surface area contributed by atoms with Gasteiger partial charge < -0.3 is 9.16 Å². The third kappa shape index (κ3) is 3.44. The molecule has 2 aromatic rings. The molecule has 0 radical (unpaired) electrons. The van der Waals surface area contributed by atoms with Gasteiger partial charge in [-0.1, -0.05) is 105 Å². The molecule has 2 aromatic carbocycles. The second-order valence-corrected chi connectivity index (χ2v) is 13.6. The number of halogens is 2. The van der Waals surface area contributed by atoms with E-state index in [1.165, 1.54) is 0 Å². The van der Waals surface area contributed by atoms with Gasteiger partial charge in [-0.3, -0.25) is 0 Å². The maximum atomic E-state index is 11.6. The van der Waals surface area contributed by atoms with E-state index < -0.39 is 30.8 Å². The molecule has 0 N–H and O–H groups in total. The Morgan fingerprint density at radius 1 is 1.00 bits per heavy atom. The summed E-state index contributed by atoms with van der Waals surface area (Å²) in [6.45, 7) is 8.43. The van der Waals surface area contributed by atoms with Crippen molar-refractivity contribution in [3.05, 3.63) is 60.7 Å². The van der Waals surface area contributed by atoms with E-state index in [0.717, 1.165) is 10.4 Å². The number of cyclic esters (lactones) is 1. The zero-order valence-electron chi connectivity index (χ0n) is 15.9. The Bertz CT molecular complexity index is 764. The van der Waals surface area contributed by atoms with Gasteiger partial charge in [0.1, 0.15) is 0 Å². The lowest BCUT2D eigenvalue weighted by molar-refractivity contribution is -0.180. The van der Waals surface area contributed by atoms with Crippen LogP contribution in [0.3, 0.4) is 0 Å². The van der Waals surface area contributed by atoms with Crippen molar-refractivity contribution in [1.82, 2.24) is 0 Å². The molecule has 144 valence electrons. The highest BCUT2D eigenvalue weighted by molar-refractivity contribution is 6.99. The van der Waals surface area contributed by atoms with Gasteiger partial charge >= 0.3 is 5.97 Å². The molecular formula is C21H24Cl2O3Si. The zero-order valence-corrected chi connectivity index (χ0v) is 18.4. The summed E-state index contributed by atoms with van der Waals surface area (Å²) in [6.07, 6.45) is -1.15. The number of carbonyl (C=O) groups excluding carboxylic acids is 1. The molecule has 0 spiro atoms. The second-order valence-electron chi connectivity index (χ2n) is 7.94. The molecule has 6 heteroatoms. The first-order chi connectivity index (χ1) is 12.6. The van der Waals surface area contributed by atoms with Crippen molar-refractivity contribution in [2.45, 2.75) is 49.3 Å². The Hall–Kier alpha value is -1.33. The van der Waals surface area contributed by atoms with Crippen LogP contribution in [0, 0.1) is 0 Å². The molecule has 0 aromatic heterocycles. The molecular weight excluding hydrogens is 399 g/mol. The highest BCUT2D eigenvalue weighted by atomic mass is 35.5. The average Bonchev–Trinajstić information content (AvgIpc) is 2.64. The number of ether oxygens (including phenoxy) is 1. The van der Waals surface area contributed by atoms with Crippen molar-refractivity contribution < 1.29 is 14.0 Å². The van der Waals surface area contributed by atoms with Crippen molar-refractivity contribution in [2.75, 3.05) is 0 Å². The maximum absolute atomic E-state index is 11.6. The smallest absolute Gasteiger partial charge is 0.347 e. The Morgan fingerprint density at radius 3 is 1.78 bits per heavy atom. The molecule has 0 amide bonds. The molecule has 3 nitrogen and oxygen atoms in total. The van der Waals surface area contributed by atoms with Gasteiger partial charge in [0.15, 0.2) is 6.10 Å². The summed E-state index contributed by atoms with van der Waals surface area (Å²) < 4.78 is 10.5. The van der Waals surface area contributed by atoms with Crippen LogP contribution in [0.4, 0.5) is 0 Å². The SMILES string of the molecule is C[C@@H](O[Si](c1ccccc1)(c1ccccc1)C(C)(C)C)[C@H]1OC(=O)C1(Cl)Cl. The number of esters is 1. The highest BCUT2D eigenvalue weighted by Crippen LogP contribution is 2.44. The third-order valence-electron chi connectivity index (χ3n) is 5.07. The molecule has 1 heterocycles. The second kappa shape index (κ2) is 7.25. The van der Waals surface area contributed by atoms with Crippen LogP contribution in [0.5, 0.6) is 0 Å². The Labute approximate surface area is 171 Å². The van der Waals surface area contributed by atoms with Crippen molar-refractivity contribution >= 4 is 47.9 Å². The summed E-state index contributed by atoms with van der Waals surface area (Å²) in [6, 6.07) is 20.5. The predicted octanol–water partition coefficient (Wildman–Crippen LogP) is 4.05. The predicted molar refractivity (Wildman–Crippen MR) is 112 cm³/mol. The largest absolute Gasteiger partial charge is 0.453 e. The standard InChI is InChI=1S/C21H24Cl2O3Si/c1-15(18-21(22,23)19(24)25-18)26-27(20(2,3)4,16-11-7-5-8-12-16)17-13-9-6-10-14-17/h5-15,18H,1-4H3/t15-,18-/m1/s1. The van der Waals surface area contributed by atoms with E-state index in [0.29, 0.717) is 0 Å². The molecule has 3 rings (SSSR count). The molecule has 0 aliphatic carbocycles. The first-order valence-electron chi connectivity index (χ1n) is 8.98. The lowest BCUT2D eigenvalue weighted by Crippen LogP contribution is -2.70. The van der Waals surface area contributed by atoms with Gasteiger partial charge in [0, 0.05) is 0 Å². The van der Waals surface area contributed by atoms with Gasteiger partial charge in [-0.25, -0.2) is 4.79 Å². The van der Waals surface area contributed by atoms with Crippen LogP contribution in [0.15, 0.2) is 60.7 Å². The fourth-order valence-electron chi connectivity index (χ4n) is 3.75. The van der Waals surface area contributed by atoms with Gasteiger partial charge in [0.2, 0.25) is 0 Å². The minimum absolute atomic E-state index is 0.182. The molecule has 0 bridgehead atoms. The van der Waals surface area contributed by atoms with E-state index in [4.69, 9.17) is 32.4 Å². The van der Waals surface area contributed by atoms with E-state index in [-0.39, 0.29) is 5.04 Å². The van der Waals surface area contributed by atoms with Crippen molar-refractivity contribution in [3.63, 3.8) is 0 Å². The van der Waals surface area contributed by atoms with Crippen LogP contribution in [0.25, 0.3) is 0 Å². The third-order valence-corrected chi connectivity index (χ3v) is 10.9. The lowest BCUT2D eigenvalue weighted by atomic mass is 10.1. The molecule has 1 saturated heterocycles. The lowest BCUT2D eigenvalue weighted by Gasteiger charge is -2.48. The van der Waals surface area contributed by atoms with Crippen LogP contribution in [-0.4, -0.2) is 30.8 Å². The first-order valence-corrected chi connectivity index (χ1v) is 11.6. The van der Waals surface area contributed by atoms with Crippen molar-refractivity contribution in [3.8, 4) is 0 Å². The average molecular weight is 423 g/mol. The number of alkyl halides is 2. The summed E-state index contributed by atoms with van der Waals surface area (Å²) >= 11 is 12.4. The molecule has 1 fully saturated rings. The number of hydrogen-bond donors (Lipinski definition) is 0. The molecule has 1 aliphatic heterocycles. The van der Waals surface area contributed by atoms with E-state index >= 15 is 0 Å². The number of hydrogen-bond acceptors (Lipinski definition) is 3. The summed E-state index contributed by atoms with van der Waals surface area (Å²) in [7, 11) is -2.75. The van der Waals surface area contributed by atoms with Crippen LogP contribution in [-0.2, 0) is 14.0 Å². The quantitative estimate of drug-likeness (QED) is 0.414. The van der Waals surface area contributed by atoms with Crippen LogP contribution in [0.2, 0.25) is 5.04 Å². The molecule has 0 saturated carbocycles. The number of carbonyl (C=O) groups is 1. The van der Waals surface area contributed by atoms with Crippen LogP contribution >= 0.6 is 23.2 Å². The van der Waals surface area contributed by atoms with Gasteiger partial charge in [-0.2, -0.15) is 0 Å². The van der Waals surface area contributed by atoms with Gasteiger partial charge in [-0.15, -0.1) is 0 Å². The van der Waals surface area contributed by atoms with Gasteiger partial charge in [0.05, 0.1) is 6.10 Å². The van der Waals surface area contributed by atoms with Gasteiger partial charge in [-0.05, 0) is 22.3 Å². The summed E-state index contributed by atoms with van der Waals surface area (Å²) in [5.41, 5.74) is 0. The minimum Gasteiger partial charge on any atom is -0.453 e. The van der Waals surface area contributed by atoms with Crippen molar-refractivity contribution in [1.29, 1.82) is 0 Å². The first kappa shape index (κ1) is 20.4. The van der Waals surface area contributed by atoms with E-state index in [2.05, 4.69) is 45.0 Å². The monoisotopic (exact) mass is 422 g/mol. The van der Waals surface area contributed by atoms with E-state index in [9.17, 15) is 4.79 Å². The summed E-state index contributed by atoms with van der Waals surface area (Å²) in [4.78, 5) is 11.6. The summed E-state index contributed by atoms with van der Waals surface area (Å²) in [5.74, 6) is -0.617. The topological polar surface area (TPSA) is 35.5 Å². The molecule has 27 heavy (non-hydrogen) atoms. The minimum atomic E-state index is -2.75. The fraction of sp³-hybridized carbons (Fsp3) is 0.381. The normalized spacial score (nSPS) is 20.5. The number of rotatable bonds is 5. The Balaban J connectivity index is 2.11. The van der Waals surface area contributed by atoms with Crippen LogP contribution < -0.4 is 10.4 Å². The van der Waals surface area contributed by atoms with E-state index in [1.807, 2.05) is 43.3 Å². The molecule has 2 atom stereocenters. The Kier molecular flexibility index (Phi) is 5.48. The molecule has 0 unspecified atom stereocenters. The van der Waals surface area contributed by atoms with Gasteiger partial charge in [0.25, 0.3) is 12.7 Å². The zero-order chi connectivity index (χ0) is 19.9. The Morgan fingerprint density at radius 2 is 1.44 bits per heavy atom. The fourth-order valence-corrected chi connectivity index (χ4v) is 8.98. The van der Waals surface area contributed by atoms with E-state index in [1.54, 1.807) is 0 Å². The number of benzene rings is 2. The maximum Gasteiger partial charge on any atom is 0.347 e. The van der Waals surface area contributed by atoms with Crippen LogP contribution in [0.1, 0.15) is 27.7 Å². The highest BCUT2D eigenvalue weighted by Gasteiger charge is 2.61. The summed E-state index contributed by atoms with van der Waals surface area (Å²) in [5, 5.41) is 2.12.